The normalized spacial score (nSPS) is 10.3. The maximum absolute atomic E-state index is 12.7. The van der Waals surface area contributed by atoms with E-state index >= 15 is 0 Å². The van der Waals surface area contributed by atoms with Crippen molar-refractivity contribution >= 4 is 29.1 Å². The second-order valence-corrected chi connectivity index (χ2v) is 7.36. The number of aromatic nitrogens is 1. The van der Waals surface area contributed by atoms with E-state index in [1.54, 1.807) is 36.5 Å². The maximum Gasteiger partial charge on any atom is 0.313 e. The number of hydrogen-bond donors (Lipinski definition) is 3. The molecule has 0 atom stereocenters. The van der Waals surface area contributed by atoms with Gasteiger partial charge in [-0.1, -0.05) is 42.0 Å². The molecule has 3 aromatic rings. The number of hydrogen-bond acceptors (Lipinski definition) is 4. The van der Waals surface area contributed by atoms with Crippen LogP contribution in [0.3, 0.4) is 0 Å². The van der Waals surface area contributed by atoms with Gasteiger partial charge in [0.2, 0.25) is 5.91 Å². The molecule has 3 N–H and O–H groups in total. The summed E-state index contributed by atoms with van der Waals surface area (Å²) in [6, 6.07) is 17.7. The van der Waals surface area contributed by atoms with E-state index in [-0.39, 0.29) is 18.1 Å². The molecule has 0 unspecified atom stereocenters. The zero-order chi connectivity index (χ0) is 23.1. The van der Waals surface area contributed by atoms with Gasteiger partial charge in [-0.2, -0.15) is 0 Å². The lowest BCUT2D eigenvalue weighted by Crippen LogP contribution is -2.37. The zero-order valence-electron chi connectivity index (χ0n) is 17.8. The zero-order valence-corrected chi connectivity index (χ0v) is 17.8. The quantitative estimate of drug-likeness (QED) is 0.520. The van der Waals surface area contributed by atoms with E-state index in [4.69, 9.17) is 0 Å². The molecule has 1 heterocycles. The van der Waals surface area contributed by atoms with Gasteiger partial charge in [-0.15, -0.1) is 0 Å². The second-order valence-electron chi connectivity index (χ2n) is 7.36. The van der Waals surface area contributed by atoms with Gasteiger partial charge in [0.05, 0.1) is 6.54 Å². The van der Waals surface area contributed by atoms with Gasteiger partial charge in [-0.25, -0.2) is 0 Å². The Morgan fingerprint density at radius 1 is 0.844 bits per heavy atom. The van der Waals surface area contributed by atoms with Gasteiger partial charge in [0.1, 0.15) is 5.69 Å². The molecule has 164 valence electrons. The summed E-state index contributed by atoms with van der Waals surface area (Å²) in [5.74, 6) is -1.96. The highest BCUT2D eigenvalue weighted by Gasteiger charge is 2.15. The van der Waals surface area contributed by atoms with E-state index in [0.717, 1.165) is 16.7 Å². The topological polar surface area (TPSA) is 109 Å². The highest BCUT2D eigenvalue weighted by molar-refractivity contribution is 6.39. The first-order chi connectivity index (χ1) is 15.3. The lowest BCUT2D eigenvalue weighted by molar-refractivity contribution is -0.136. The summed E-state index contributed by atoms with van der Waals surface area (Å²) >= 11 is 0. The van der Waals surface area contributed by atoms with Gasteiger partial charge in [0, 0.05) is 25.4 Å². The Kier molecular flexibility index (Phi) is 7.17. The van der Waals surface area contributed by atoms with Crippen molar-refractivity contribution in [1.29, 1.82) is 0 Å². The van der Waals surface area contributed by atoms with Gasteiger partial charge in [-0.05, 0) is 42.3 Å². The molecule has 0 aliphatic rings. The fourth-order valence-corrected chi connectivity index (χ4v) is 3.00. The van der Waals surface area contributed by atoms with Gasteiger partial charge in [0.25, 0.3) is 5.56 Å². The Morgan fingerprint density at radius 2 is 1.50 bits per heavy atom. The molecule has 0 saturated carbocycles. The number of anilines is 2. The summed E-state index contributed by atoms with van der Waals surface area (Å²) < 4.78 is 1.47. The molecule has 0 aliphatic carbocycles. The maximum atomic E-state index is 12.7. The van der Waals surface area contributed by atoms with E-state index in [0.29, 0.717) is 12.2 Å². The van der Waals surface area contributed by atoms with Crippen LogP contribution in [0.5, 0.6) is 0 Å². The summed E-state index contributed by atoms with van der Waals surface area (Å²) in [6.45, 7) is 3.87. The summed E-state index contributed by atoms with van der Waals surface area (Å²) in [4.78, 5) is 48.1. The molecule has 0 spiro atoms. The van der Waals surface area contributed by atoms with Crippen LogP contribution in [0.2, 0.25) is 0 Å². The molecule has 0 bridgehead atoms. The lowest BCUT2D eigenvalue weighted by Gasteiger charge is -2.10. The number of nitrogens with one attached hydrogen (secondary N) is 3. The molecule has 1 aromatic heterocycles. The van der Waals surface area contributed by atoms with Crippen LogP contribution in [0.15, 0.2) is 71.7 Å². The number of benzene rings is 2. The van der Waals surface area contributed by atoms with Crippen LogP contribution in [0.25, 0.3) is 0 Å². The molecule has 8 nitrogen and oxygen atoms in total. The lowest BCUT2D eigenvalue weighted by atomic mass is 10.1. The third kappa shape index (κ3) is 6.15. The van der Waals surface area contributed by atoms with Crippen molar-refractivity contribution in [2.24, 2.45) is 0 Å². The first kappa shape index (κ1) is 22.5. The van der Waals surface area contributed by atoms with E-state index in [9.17, 15) is 19.2 Å². The highest BCUT2D eigenvalue weighted by Crippen LogP contribution is 2.09. The third-order valence-corrected chi connectivity index (χ3v) is 4.68. The Balaban J connectivity index is 1.59. The predicted molar refractivity (Wildman–Crippen MR) is 122 cm³/mol. The molecule has 0 aliphatic heterocycles. The van der Waals surface area contributed by atoms with Crippen molar-refractivity contribution in [3.63, 3.8) is 0 Å². The average Bonchev–Trinajstić information content (AvgIpc) is 2.77. The van der Waals surface area contributed by atoms with E-state index < -0.39 is 17.4 Å². The van der Waals surface area contributed by atoms with Crippen LogP contribution in [-0.2, 0) is 27.5 Å². The second kappa shape index (κ2) is 10.2. The smallest absolute Gasteiger partial charge is 0.313 e. The number of rotatable bonds is 6. The summed E-state index contributed by atoms with van der Waals surface area (Å²) in [7, 11) is 0. The molecule has 3 rings (SSSR count). The Hall–Kier alpha value is -4.20. The number of pyridine rings is 1. The summed E-state index contributed by atoms with van der Waals surface area (Å²) in [5, 5.41) is 7.54. The number of carbonyl (C=O) groups excluding carboxylic acids is 3. The fourth-order valence-electron chi connectivity index (χ4n) is 3.00. The molecular weight excluding hydrogens is 408 g/mol. The van der Waals surface area contributed by atoms with Gasteiger partial charge >= 0.3 is 11.8 Å². The van der Waals surface area contributed by atoms with Crippen LogP contribution >= 0.6 is 0 Å². The molecule has 8 heteroatoms. The number of carbonyl (C=O) groups is 3. The van der Waals surface area contributed by atoms with Crippen molar-refractivity contribution in [1.82, 2.24) is 9.88 Å². The van der Waals surface area contributed by atoms with E-state index in [1.165, 1.54) is 17.6 Å². The predicted octanol–water partition coefficient (Wildman–Crippen LogP) is 2.42. The minimum Gasteiger partial charge on any atom is -0.344 e. The fraction of sp³-hybridized carbons (Fsp3) is 0.167. The van der Waals surface area contributed by atoms with Crippen molar-refractivity contribution in [2.75, 3.05) is 10.6 Å². The van der Waals surface area contributed by atoms with Crippen molar-refractivity contribution in [3.8, 4) is 0 Å². The molecule has 3 amide bonds. The van der Waals surface area contributed by atoms with Crippen LogP contribution in [-0.4, -0.2) is 22.3 Å². The van der Waals surface area contributed by atoms with Gasteiger partial charge in [0.15, 0.2) is 0 Å². The Morgan fingerprint density at radius 3 is 2.16 bits per heavy atom. The molecule has 0 fully saturated rings. The monoisotopic (exact) mass is 432 g/mol. The van der Waals surface area contributed by atoms with Gasteiger partial charge in [-0.3, -0.25) is 19.2 Å². The van der Waals surface area contributed by atoms with Crippen LogP contribution in [0.4, 0.5) is 11.4 Å². The van der Waals surface area contributed by atoms with Crippen molar-refractivity contribution < 1.29 is 14.4 Å². The number of nitrogens with zero attached hydrogens (tertiary/aromatic N) is 1. The summed E-state index contributed by atoms with van der Waals surface area (Å²) in [6.07, 6.45) is 1.63. The van der Waals surface area contributed by atoms with Crippen molar-refractivity contribution in [3.05, 3.63) is 93.9 Å². The highest BCUT2D eigenvalue weighted by atomic mass is 16.2. The number of aryl methyl sites for hydroxylation is 1. The largest absolute Gasteiger partial charge is 0.344 e. The molecule has 2 aromatic carbocycles. The minimum atomic E-state index is -0.926. The minimum absolute atomic E-state index is 0.0272. The molecule has 0 saturated heterocycles. The summed E-state index contributed by atoms with van der Waals surface area (Å²) in [5.41, 5.74) is 3.08. The van der Waals surface area contributed by atoms with Crippen LogP contribution in [0, 0.1) is 6.92 Å². The van der Waals surface area contributed by atoms with E-state index in [1.807, 2.05) is 31.2 Å². The van der Waals surface area contributed by atoms with Crippen LogP contribution < -0.4 is 21.5 Å². The average molecular weight is 432 g/mol. The molecule has 32 heavy (non-hydrogen) atoms. The van der Waals surface area contributed by atoms with Crippen molar-refractivity contribution in [2.45, 2.75) is 26.9 Å². The first-order valence-electron chi connectivity index (χ1n) is 10.0. The molecular formula is C24H24N4O4. The Labute approximate surface area is 185 Å². The van der Waals surface area contributed by atoms with Crippen LogP contribution in [0.1, 0.15) is 23.6 Å². The number of amides is 3. The first-order valence-corrected chi connectivity index (χ1v) is 10.0. The Bertz CT molecular complexity index is 1180. The van der Waals surface area contributed by atoms with Gasteiger partial charge < -0.3 is 20.5 Å². The van der Waals surface area contributed by atoms with E-state index in [2.05, 4.69) is 16.0 Å². The third-order valence-electron chi connectivity index (χ3n) is 4.68. The standard InChI is InChI=1S/C24H24N4O4/c1-16-5-7-19(8-6-16)15-28-13-3-4-21(24(28)32)27-23(31)22(30)25-14-18-9-11-20(12-10-18)26-17(2)29/h3-13H,14-15H2,1-2H3,(H,25,30)(H,26,29)(H,27,31). The molecule has 0 radical (unpaired) electrons. The SMILES string of the molecule is CC(=O)Nc1ccc(CNC(=O)C(=O)Nc2cccn(Cc3ccc(C)cc3)c2=O)cc1.